The van der Waals surface area contributed by atoms with Crippen molar-refractivity contribution in [2.45, 2.75) is 25.9 Å². The highest BCUT2D eigenvalue weighted by Gasteiger charge is 2.13. The van der Waals surface area contributed by atoms with Gasteiger partial charge >= 0.3 is 6.03 Å². The first-order chi connectivity index (χ1) is 11.0. The van der Waals surface area contributed by atoms with Crippen LogP contribution in [0.3, 0.4) is 0 Å². The van der Waals surface area contributed by atoms with E-state index in [2.05, 4.69) is 15.6 Å². The van der Waals surface area contributed by atoms with Gasteiger partial charge in [0.05, 0.1) is 11.4 Å². The van der Waals surface area contributed by atoms with Crippen LogP contribution in [0.15, 0.2) is 35.7 Å². The van der Waals surface area contributed by atoms with Crippen molar-refractivity contribution in [3.05, 3.63) is 41.7 Å². The van der Waals surface area contributed by atoms with Gasteiger partial charge in [0.2, 0.25) is 5.91 Å². The predicted octanol–water partition coefficient (Wildman–Crippen LogP) is 2.43. The van der Waals surface area contributed by atoms with E-state index in [1.54, 1.807) is 13.1 Å². The molecular formula is C16H20N4O2S. The van der Waals surface area contributed by atoms with Crippen LogP contribution in [0.5, 0.6) is 0 Å². The third-order valence-electron chi connectivity index (χ3n) is 3.21. The summed E-state index contributed by atoms with van der Waals surface area (Å²) >= 11 is 1.29. The number of hydrogen-bond donors (Lipinski definition) is 2. The van der Waals surface area contributed by atoms with Gasteiger partial charge in [0.15, 0.2) is 5.16 Å². The number of benzene rings is 1. The molecule has 2 rings (SSSR count). The van der Waals surface area contributed by atoms with Gasteiger partial charge < -0.3 is 5.32 Å². The summed E-state index contributed by atoms with van der Waals surface area (Å²) in [5.41, 5.74) is 3.34. The first kappa shape index (κ1) is 17.1. The number of para-hydroxylation sites is 1. The van der Waals surface area contributed by atoms with E-state index in [1.165, 1.54) is 11.8 Å². The van der Waals surface area contributed by atoms with E-state index in [0.717, 1.165) is 16.8 Å². The number of thioether (sulfide) groups is 1. The Hall–Kier alpha value is -2.28. The lowest BCUT2D eigenvalue weighted by atomic mass is 10.1. The molecule has 0 radical (unpaired) electrons. The lowest BCUT2D eigenvalue weighted by Crippen LogP contribution is -2.40. The van der Waals surface area contributed by atoms with Crippen LogP contribution in [0.1, 0.15) is 18.1 Å². The quantitative estimate of drug-likeness (QED) is 0.825. The smallest absolute Gasteiger partial charge is 0.321 e. The van der Waals surface area contributed by atoms with Crippen LogP contribution >= 0.6 is 11.8 Å². The molecule has 0 bridgehead atoms. The number of nitrogens with one attached hydrogen (secondary N) is 2. The number of aryl methyl sites for hydroxylation is 2. The first-order valence-corrected chi connectivity index (χ1v) is 8.32. The van der Waals surface area contributed by atoms with Crippen LogP contribution in [0.4, 0.5) is 4.79 Å². The summed E-state index contributed by atoms with van der Waals surface area (Å²) in [6.07, 6.45) is 3.58. The van der Waals surface area contributed by atoms with Crippen LogP contribution in [0, 0.1) is 13.8 Å². The number of rotatable bonds is 5. The normalized spacial score (nSPS) is 10.4. The molecule has 3 amide bonds. The fourth-order valence-corrected chi connectivity index (χ4v) is 3.01. The second-order valence-corrected chi connectivity index (χ2v) is 5.96. The Morgan fingerprint density at radius 3 is 2.61 bits per heavy atom. The van der Waals surface area contributed by atoms with Crippen LogP contribution in [0.25, 0.3) is 5.69 Å². The third-order valence-corrected chi connectivity index (χ3v) is 4.18. The van der Waals surface area contributed by atoms with Gasteiger partial charge in [-0.2, -0.15) is 0 Å². The average Bonchev–Trinajstić information content (AvgIpc) is 2.93. The molecule has 2 N–H and O–H groups in total. The summed E-state index contributed by atoms with van der Waals surface area (Å²) in [6, 6.07) is 5.62. The van der Waals surface area contributed by atoms with Gasteiger partial charge in [-0.15, -0.1) is 0 Å². The Labute approximate surface area is 139 Å². The maximum absolute atomic E-state index is 11.8. The Morgan fingerprint density at radius 2 is 1.96 bits per heavy atom. The Morgan fingerprint density at radius 1 is 1.26 bits per heavy atom. The molecule has 0 unspecified atom stereocenters. The number of carbonyl (C=O) groups is 2. The van der Waals surface area contributed by atoms with Gasteiger partial charge in [-0.05, 0) is 31.9 Å². The molecular weight excluding hydrogens is 312 g/mol. The first-order valence-electron chi connectivity index (χ1n) is 7.33. The molecule has 122 valence electrons. The largest absolute Gasteiger partial charge is 0.338 e. The van der Waals surface area contributed by atoms with Gasteiger partial charge in [-0.1, -0.05) is 30.0 Å². The van der Waals surface area contributed by atoms with Gasteiger partial charge in [0, 0.05) is 18.9 Å². The Kier molecular flexibility index (Phi) is 5.81. The van der Waals surface area contributed by atoms with E-state index in [4.69, 9.17) is 0 Å². The van der Waals surface area contributed by atoms with Crippen molar-refractivity contribution >= 4 is 23.7 Å². The maximum atomic E-state index is 11.8. The molecule has 23 heavy (non-hydrogen) atoms. The number of carbonyl (C=O) groups excluding carboxylic acids is 2. The monoisotopic (exact) mass is 332 g/mol. The average molecular weight is 332 g/mol. The van der Waals surface area contributed by atoms with Crippen molar-refractivity contribution < 1.29 is 9.59 Å². The highest BCUT2D eigenvalue weighted by Crippen LogP contribution is 2.25. The zero-order valence-corrected chi connectivity index (χ0v) is 14.2. The van der Waals surface area contributed by atoms with E-state index in [1.807, 2.05) is 42.8 Å². The van der Waals surface area contributed by atoms with Crippen molar-refractivity contribution in [1.82, 2.24) is 20.2 Å². The molecule has 0 spiro atoms. The van der Waals surface area contributed by atoms with Crippen LogP contribution in [-0.2, 0) is 4.79 Å². The SMILES string of the molecule is CCNC(=O)NC(=O)CSc1nccn1-c1c(C)cccc1C. The standard InChI is InChI=1S/C16H20N4O2S/c1-4-17-15(22)19-13(21)10-23-16-18-8-9-20(16)14-11(2)6-5-7-12(14)3/h5-9H,4,10H2,1-3H3,(H2,17,19,21,22). The van der Waals surface area contributed by atoms with Gasteiger partial charge in [-0.3, -0.25) is 14.7 Å². The van der Waals surface area contributed by atoms with Crippen LogP contribution in [-0.4, -0.2) is 33.8 Å². The highest BCUT2D eigenvalue weighted by atomic mass is 32.2. The van der Waals surface area contributed by atoms with Crippen molar-refractivity contribution in [3.63, 3.8) is 0 Å². The number of nitrogens with zero attached hydrogens (tertiary/aromatic N) is 2. The maximum Gasteiger partial charge on any atom is 0.321 e. The number of aromatic nitrogens is 2. The van der Waals surface area contributed by atoms with Crippen molar-refractivity contribution in [2.75, 3.05) is 12.3 Å². The van der Waals surface area contributed by atoms with Crippen LogP contribution in [0.2, 0.25) is 0 Å². The molecule has 6 nitrogen and oxygen atoms in total. The van der Waals surface area contributed by atoms with E-state index in [-0.39, 0.29) is 11.7 Å². The number of imide groups is 1. The highest BCUT2D eigenvalue weighted by molar-refractivity contribution is 7.99. The Bertz CT molecular complexity index is 692. The molecule has 0 fully saturated rings. The molecule has 0 saturated carbocycles. The molecule has 0 saturated heterocycles. The number of imidazole rings is 1. The number of amides is 3. The van der Waals surface area contributed by atoms with Gasteiger partial charge in [0.1, 0.15) is 0 Å². The summed E-state index contributed by atoms with van der Waals surface area (Å²) < 4.78 is 1.97. The lowest BCUT2D eigenvalue weighted by molar-refractivity contribution is -0.117. The zero-order chi connectivity index (χ0) is 16.8. The predicted molar refractivity (Wildman–Crippen MR) is 91.0 cm³/mol. The molecule has 2 aromatic rings. The van der Waals surface area contributed by atoms with Crippen molar-refractivity contribution in [3.8, 4) is 5.69 Å². The minimum Gasteiger partial charge on any atom is -0.338 e. The molecule has 1 heterocycles. The minimum atomic E-state index is -0.476. The van der Waals surface area contributed by atoms with Crippen molar-refractivity contribution in [1.29, 1.82) is 0 Å². The van der Waals surface area contributed by atoms with Gasteiger partial charge in [0.25, 0.3) is 0 Å². The Balaban J connectivity index is 2.08. The summed E-state index contributed by atoms with van der Waals surface area (Å²) in [5.74, 6) is -0.226. The topological polar surface area (TPSA) is 76.0 Å². The van der Waals surface area contributed by atoms with Gasteiger partial charge in [-0.25, -0.2) is 9.78 Å². The fourth-order valence-electron chi connectivity index (χ4n) is 2.25. The molecule has 0 aliphatic heterocycles. The number of urea groups is 1. The molecule has 0 aliphatic rings. The lowest BCUT2D eigenvalue weighted by Gasteiger charge is -2.13. The summed E-state index contributed by atoms with van der Waals surface area (Å²) in [6.45, 7) is 6.35. The molecule has 7 heteroatoms. The van der Waals surface area contributed by atoms with E-state index in [9.17, 15) is 9.59 Å². The van der Waals surface area contributed by atoms with Crippen LogP contribution < -0.4 is 10.6 Å². The van der Waals surface area contributed by atoms with E-state index in [0.29, 0.717) is 11.7 Å². The zero-order valence-electron chi connectivity index (χ0n) is 13.4. The molecule has 0 aliphatic carbocycles. The third kappa shape index (κ3) is 4.35. The van der Waals surface area contributed by atoms with Crippen molar-refractivity contribution in [2.24, 2.45) is 0 Å². The summed E-state index contributed by atoms with van der Waals surface area (Å²) in [5, 5.41) is 5.52. The summed E-state index contributed by atoms with van der Waals surface area (Å²) in [4.78, 5) is 27.4. The summed E-state index contributed by atoms with van der Waals surface area (Å²) in [7, 11) is 0. The van der Waals surface area contributed by atoms with E-state index >= 15 is 0 Å². The fraction of sp³-hybridized carbons (Fsp3) is 0.312. The number of hydrogen-bond acceptors (Lipinski definition) is 4. The molecule has 0 atom stereocenters. The molecule has 1 aromatic carbocycles. The van der Waals surface area contributed by atoms with E-state index < -0.39 is 6.03 Å². The molecule has 1 aromatic heterocycles. The second-order valence-electron chi connectivity index (χ2n) is 5.02. The minimum absolute atomic E-state index is 0.124. The second kappa shape index (κ2) is 7.82.